The van der Waals surface area contributed by atoms with Crippen molar-refractivity contribution < 1.29 is 8.78 Å². The largest absolute Gasteiger partial charge is 0.344 e. The summed E-state index contributed by atoms with van der Waals surface area (Å²) in [5.74, 6) is -0.969. The number of aromatic nitrogens is 3. The maximum absolute atomic E-state index is 13.4. The Kier molecular flexibility index (Phi) is 4.16. The van der Waals surface area contributed by atoms with Gasteiger partial charge in [0.15, 0.2) is 5.16 Å². The van der Waals surface area contributed by atoms with Crippen molar-refractivity contribution in [1.29, 1.82) is 0 Å². The second-order valence-electron chi connectivity index (χ2n) is 3.74. The molecule has 0 bridgehead atoms. The average molecular weight is 283 g/mol. The highest BCUT2D eigenvalue weighted by Crippen LogP contribution is 2.21. The number of nitrogens with zero attached hydrogens (tertiary/aromatic N) is 2. The molecule has 1 aromatic heterocycles. The van der Waals surface area contributed by atoms with Crippen molar-refractivity contribution in [2.75, 3.05) is 0 Å². The van der Waals surface area contributed by atoms with E-state index in [1.54, 1.807) is 6.08 Å². The fourth-order valence-corrected chi connectivity index (χ4v) is 2.43. The van der Waals surface area contributed by atoms with Gasteiger partial charge in [-0.1, -0.05) is 23.9 Å². The number of hydrogen-bond acceptors (Lipinski definition) is 3. The molecule has 7 heteroatoms. The molecule has 0 spiro atoms. The van der Waals surface area contributed by atoms with Gasteiger partial charge in [-0.3, -0.25) is 4.57 Å². The number of H-pyrrole nitrogens is 1. The van der Waals surface area contributed by atoms with E-state index in [0.29, 0.717) is 17.3 Å². The third-order valence-corrected chi connectivity index (χ3v) is 3.43. The zero-order valence-corrected chi connectivity index (χ0v) is 10.7. The molecule has 0 saturated carbocycles. The number of halogens is 2. The number of benzene rings is 1. The summed E-state index contributed by atoms with van der Waals surface area (Å²) in [6.07, 6.45) is 1.57. The number of rotatable bonds is 5. The van der Waals surface area contributed by atoms with Gasteiger partial charge in [0.25, 0.3) is 0 Å². The lowest BCUT2D eigenvalue weighted by molar-refractivity contribution is 0.576. The minimum atomic E-state index is -0.616. The van der Waals surface area contributed by atoms with E-state index in [1.807, 2.05) is 0 Å². The van der Waals surface area contributed by atoms with Crippen LogP contribution in [0.1, 0.15) is 5.56 Å². The standard InChI is InChI=1S/C12H11F2N3OS/c1-2-5-17-11(18)15-16-12(17)19-7-8-3-4-9(13)6-10(8)14/h2-4,6H,1,5,7H2,(H,15,18). The van der Waals surface area contributed by atoms with E-state index in [2.05, 4.69) is 16.8 Å². The number of thioether (sulfide) groups is 1. The Hall–Kier alpha value is -1.89. The normalized spacial score (nSPS) is 10.6. The molecule has 0 fully saturated rings. The Labute approximate surface area is 112 Å². The topological polar surface area (TPSA) is 50.7 Å². The first-order chi connectivity index (χ1) is 9.11. The smallest absolute Gasteiger partial charge is 0.266 e. The highest BCUT2D eigenvalue weighted by molar-refractivity contribution is 7.98. The molecule has 2 aromatic rings. The Bertz CT molecular complexity index is 651. The van der Waals surface area contributed by atoms with Crippen LogP contribution in [0.25, 0.3) is 0 Å². The zero-order chi connectivity index (χ0) is 13.8. The van der Waals surface area contributed by atoms with Gasteiger partial charge in [-0.2, -0.15) is 0 Å². The summed E-state index contributed by atoms with van der Waals surface area (Å²) in [6, 6.07) is 3.40. The maximum atomic E-state index is 13.4. The third kappa shape index (κ3) is 3.11. The first kappa shape index (κ1) is 13.5. The molecule has 0 aliphatic carbocycles. The lowest BCUT2D eigenvalue weighted by Gasteiger charge is -2.04. The van der Waals surface area contributed by atoms with Crippen molar-refractivity contribution in [3.63, 3.8) is 0 Å². The average Bonchev–Trinajstić information content (AvgIpc) is 2.71. The summed E-state index contributed by atoms with van der Waals surface area (Å²) in [6.45, 7) is 3.87. The number of aromatic amines is 1. The van der Waals surface area contributed by atoms with E-state index in [9.17, 15) is 13.6 Å². The predicted octanol–water partition coefficient (Wildman–Crippen LogP) is 2.33. The monoisotopic (exact) mass is 283 g/mol. The van der Waals surface area contributed by atoms with Crippen molar-refractivity contribution in [2.24, 2.45) is 0 Å². The van der Waals surface area contributed by atoms with Crippen LogP contribution in [0.3, 0.4) is 0 Å². The summed E-state index contributed by atoms with van der Waals surface area (Å²) in [5.41, 5.74) is 0.00831. The minimum absolute atomic E-state index is 0.257. The van der Waals surface area contributed by atoms with Crippen molar-refractivity contribution in [3.8, 4) is 0 Å². The molecule has 1 N–H and O–H groups in total. The van der Waals surface area contributed by atoms with Crippen molar-refractivity contribution in [3.05, 3.63) is 58.5 Å². The molecule has 0 aliphatic rings. The van der Waals surface area contributed by atoms with Crippen LogP contribution >= 0.6 is 11.8 Å². The molecule has 0 amide bonds. The van der Waals surface area contributed by atoms with Gasteiger partial charge < -0.3 is 0 Å². The first-order valence-corrected chi connectivity index (χ1v) is 6.43. The fourth-order valence-electron chi connectivity index (χ4n) is 1.48. The van der Waals surface area contributed by atoms with Gasteiger partial charge in [-0.05, 0) is 11.6 Å². The van der Waals surface area contributed by atoms with Gasteiger partial charge in [-0.25, -0.2) is 18.7 Å². The van der Waals surface area contributed by atoms with Crippen LogP contribution in [0, 0.1) is 11.6 Å². The molecule has 100 valence electrons. The van der Waals surface area contributed by atoms with E-state index < -0.39 is 11.6 Å². The van der Waals surface area contributed by atoms with Crippen LogP contribution in [0.5, 0.6) is 0 Å². The molecule has 0 saturated heterocycles. The molecule has 1 heterocycles. The van der Waals surface area contributed by atoms with Crippen molar-refractivity contribution >= 4 is 11.8 Å². The van der Waals surface area contributed by atoms with E-state index in [0.717, 1.165) is 6.07 Å². The van der Waals surface area contributed by atoms with Crippen molar-refractivity contribution in [2.45, 2.75) is 17.5 Å². The quantitative estimate of drug-likeness (QED) is 0.677. The molecular weight excluding hydrogens is 272 g/mol. The Morgan fingerprint density at radius 3 is 2.95 bits per heavy atom. The molecule has 2 rings (SSSR count). The third-order valence-electron chi connectivity index (χ3n) is 2.41. The summed E-state index contributed by atoms with van der Waals surface area (Å²) in [5, 5.41) is 6.60. The molecule has 0 atom stereocenters. The van der Waals surface area contributed by atoms with Gasteiger partial charge in [-0.15, -0.1) is 11.7 Å². The lowest BCUT2D eigenvalue weighted by atomic mass is 10.2. The Balaban J connectivity index is 2.14. The summed E-state index contributed by atoms with van der Waals surface area (Å²) in [7, 11) is 0. The summed E-state index contributed by atoms with van der Waals surface area (Å²) < 4.78 is 27.6. The minimum Gasteiger partial charge on any atom is -0.266 e. The van der Waals surface area contributed by atoms with Crippen molar-refractivity contribution in [1.82, 2.24) is 14.8 Å². The van der Waals surface area contributed by atoms with Crippen LogP contribution in [0.15, 0.2) is 40.8 Å². The van der Waals surface area contributed by atoms with E-state index in [4.69, 9.17) is 0 Å². The molecular formula is C12H11F2N3OS. The molecule has 1 aromatic carbocycles. The SMILES string of the molecule is C=CCn1c(SCc2ccc(F)cc2F)n[nH]c1=O. The lowest BCUT2D eigenvalue weighted by Crippen LogP contribution is -2.16. The molecule has 0 radical (unpaired) electrons. The molecule has 0 unspecified atom stereocenters. The van der Waals surface area contributed by atoms with E-state index in [1.165, 1.54) is 28.5 Å². The Morgan fingerprint density at radius 2 is 2.26 bits per heavy atom. The highest BCUT2D eigenvalue weighted by atomic mass is 32.2. The van der Waals surface area contributed by atoms with E-state index in [-0.39, 0.29) is 11.4 Å². The number of hydrogen-bond donors (Lipinski definition) is 1. The van der Waals surface area contributed by atoms with Gasteiger partial charge in [0.05, 0.1) is 0 Å². The number of nitrogens with one attached hydrogen (secondary N) is 1. The zero-order valence-electron chi connectivity index (χ0n) is 9.90. The van der Waals surface area contributed by atoms with Gasteiger partial charge in [0, 0.05) is 18.4 Å². The summed E-state index contributed by atoms with van der Waals surface area (Å²) in [4.78, 5) is 11.4. The van der Waals surface area contributed by atoms with Gasteiger partial charge in [0.2, 0.25) is 0 Å². The van der Waals surface area contributed by atoms with Crippen LogP contribution in [0.4, 0.5) is 8.78 Å². The number of allylic oxidation sites excluding steroid dienone is 1. The van der Waals surface area contributed by atoms with Crippen LogP contribution in [-0.2, 0) is 12.3 Å². The van der Waals surface area contributed by atoms with E-state index >= 15 is 0 Å². The summed E-state index contributed by atoms with van der Waals surface area (Å²) >= 11 is 1.19. The second kappa shape index (κ2) is 5.83. The van der Waals surface area contributed by atoms with Gasteiger partial charge in [0.1, 0.15) is 11.6 Å². The van der Waals surface area contributed by atoms with Crippen LogP contribution in [-0.4, -0.2) is 14.8 Å². The Morgan fingerprint density at radius 1 is 1.47 bits per heavy atom. The molecule has 0 aliphatic heterocycles. The first-order valence-electron chi connectivity index (χ1n) is 5.44. The predicted molar refractivity (Wildman–Crippen MR) is 69.0 cm³/mol. The van der Waals surface area contributed by atoms with Crippen LogP contribution < -0.4 is 5.69 Å². The molecule has 19 heavy (non-hydrogen) atoms. The fraction of sp³-hybridized carbons (Fsp3) is 0.167. The van der Waals surface area contributed by atoms with Crippen LogP contribution in [0.2, 0.25) is 0 Å². The maximum Gasteiger partial charge on any atom is 0.344 e. The van der Waals surface area contributed by atoms with Gasteiger partial charge >= 0.3 is 5.69 Å². The highest BCUT2D eigenvalue weighted by Gasteiger charge is 2.10. The second-order valence-corrected chi connectivity index (χ2v) is 4.68. The molecule has 4 nitrogen and oxygen atoms in total.